The zero-order valence-corrected chi connectivity index (χ0v) is 34.1. The number of benzene rings is 1. The van der Waals surface area contributed by atoms with Crippen LogP contribution >= 0.6 is 11.3 Å². The summed E-state index contributed by atoms with van der Waals surface area (Å²) in [5, 5.41) is 3.43. The van der Waals surface area contributed by atoms with Crippen LogP contribution < -0.4 is 15.0 Å². The zero-order chi connectivity index (χ0) is 39.9. The minimum absolute atomic E-state index is 0.00221. The maximum Gasteiger partial charge on any atom is 0.413 e. The molecular weight excluding hydrogens is 743 g/mol. The quantitative estimate of drug-likeness (QED) is 0.204. The number of carbonyl (C=O) groups is 2. The maximum atomic E-state index is 17.4. The van der Waals surface area contributed by atoms with Crippen LogP contribution in [0.2, 0.25) is 0 Å². The van der Waals surface area contributed by atoms with Gasteiger partial charge in [-0.1, -0.05) is 11.3 Å². The molecule has 1 N–H and O–H groups in total. The monoisotopic (exact) mass is 792 g/mol. The van der Waals surface area contributed by atoms with Gasteiger partial charge in [-0.15, -0.1) is 0 Å². The molecule has 2 bridgehead atoms. The molecule has 4 aliphatic heterocycles. The molecule has 4 aliphatic rings. The molecule has 7 heterocycles. The van der Waals surface area contributed by atoms with Gasteiger partial charge in [0.05, 0.1) is 33.2 Å². The summed E-state index contributed by atoms with van der Waals surface area (Å²) < 4.78 is 50.4. The summed E-state index contributed by atoms with van der Waals surface area (Å²) >= 11 is 1.26. The fraction of sp³-hybridized carbons (Fsp3) is 0.600. The minimum Gasteiger partial charge on any atom is -0.461 e. The van der Waals surface area contributed by atoms with Crippen LogP contribution in [-0.4, -0.2) is 110 Å². The van der Waals surface area contributed by atoms with Crippen molar-refractivity contribution in [3.05, 3.63) is 29.2 Å². The lowest BCUT2D eigenvalue weighted by Crippen LogP contribution is -2.57. The SMILES string of the molecule is Cc1cc2sc(NC(=O)OC(C)(C)C)nc2c(-c2ncc3c(N4C[C@H]5CC[C@@H](C4)N5C(=O)OC(C)(C)C)nc(OC[C@@]45CCCN4C[C@H](F)C5)nc3c2F)c1C. The van der Waals surface area contributed by atoms with Gasteiger partial charge in [-0.3, -0.25) is 20.1 Å². The van der Waals surface area contributed by atoms with Gasteiger partial charge >= 0.3 is 18.2 Å². The smallest absolute Gasteiger partial charge is 0.413 e. The van der Waals surface area contributed by atoms with Gasteiger partial charge in [-0.25, -0.2) is 23.4 Å². The molecule has 3 aromatic heterocycles. The Bertz CT molecular complexity index is 2210. The summed E-state index contributed by atoms with van der Waals surface area (Å²) in [6, 6.07) is 1.70. The summed E-state index contributed by atoms with van der Waals surface area (Å²) in [7, 11) is 0. The number of alkyl halides is 1. The van der Waals surface area contributed by atoms with E-state index in [2.05, 4.69) is 15.1 Å². The standard InChI is InChI=1S/C40H50F2N8O5S/c1-21-14-27-31(45-35(56-27)47-36(51)54-38(3,4)5)28(22(21)2)32-29(42)30-26(16-43-32)33(46-34(44-30)53-20-40-12-9-13-49(40)17-23(41)15-40)48-18-24-10-11-25(19-48)50(24)37(52)55-39(6,7)8/h14,16,23-25H,9-13,15,17-20H2,1-8H3,(H,45,47,51)/t23-,24-,25+,40+/m1/s1. The first-order valence-corrected chi connectivity index (χ1v) is 20.3. The number of aryl methyl sites for hydroxylation is 1. The summed E-state index contributed by atoms with van der Waals surface area (Å²) in [6.07, 6.45) is 3.39. The third kappa shape index (κ3) is 7.18. The topological polar surface area (TPSA) is 135 Å². The second-order valence-electron chi connectivity index (χ2n) is 17.7. The van der Waals surface area contributed by atoms with Crippen molar-refractivity contribution in [1.82, 2.24) is 29.7 Å². The molecule has 0 saturated carbocycles. The average molecular weight is 793 g/mol. The Morgan fingerprint density at radius 1 is 1.00 bits per heavy atom. The van der Waals surface area contributed by atoms with E-state index in [1.165, 1.54) is 11.3 Å². The van der Waals surface area contributed by atoms with Crippen molar-refractivity contribution in [2.24, 2.45) is 0 Å². The van der Waals surface area contributed by atoms with E-state index in [9.17, 15) is 14.0 Å². The number of pyridine rings is 1. The Labute approximate surface area is 329 Å². The number of ether oxygens (including phenoxy) is 3. The van der Waals surface area contributed by atoms with E-state index in [1.54, 1.807) is 27.0 Å². The number of rotatable bonds is 6. The Morgan fingerprint density at radius 3 is 2.41 bits per heavy atom. The summed E-state index contributed by atoms with van der Waals surface area (Å²) in [6.45, 7) is 17.0. The molecule has 4 fully saturated rings. The van der Waals surface area contributed by atoms with Crippen LogP contribution in [0.4, 0.5) is 29.3 Å². The molecule has 4 saturated heterocycles. The highest BCUT2D eigenvalue weighted by Gasteiger charge is 2.50. The fourth-order valence-electron chi connectivity index (χ4n) is 8.86. The molecule has 13 nitrogen and oxygen atoms in total. The summed E-state index contributed by atoms with van der Waals surface area (Å²) in [5.74, 6) is -0.204. The molecule has 56 heavy (non-hydrogen) atoms. The molecule has 8 rings (SSSR count). The van der Waals surface area contributed by atoms with E-state index in [4.69, 9.17) is 34.1 Å². The number of hydrogen-bond acceptors (Lipinski definition) is 12. The van der Waals surface area contributed by atoms with E-state index in [-0.39, 0.29) is 42.0 Å². The van der Waals surface area contributed by atoms with Gasteiger partial charge in [0.1, 0.15) is 41.0 Å². The Kier molecular flexibility index (Phi) is 9.53. The van der Waals surface area contributed by atoms with Crippen LogP contribution in [0.25, 0.3) is 32.4 Å². The maximum absolute atomic E-state index is 17.4. The fourth-order valence-corrected chi connectivity index (χ4v) is 9.82. The van der Waals surface area contributed by atoms with Crippen LogP contribution in [-0.2, 0) is 9.47 Å². The van der Waals surface area contributed by atoms with E-state index >= 15 is 4.39 Å². The van der Waals surface area contributed by atoms with Gasteiger partial charge in [-0.05, 0) is 105 Å². The molecule has 0 spiro atoms. The minimum atomic E-state index is -0.935. The summed E-state index contributed by atoms with van der Waals surface area (Å²) in [5.41, 5.74) is 0.944. The lowest BCUT2D eigenvalue weighted by molar-refractivity contribution is 0.0122. The number of fused-ring (bicyclic) bond motifs is 5. The number of piperazine rings is 1. The van der Waals surface area contributed by atoms with Gasteiger partial charge in [0, 0.05) is 37.8 Å². The van der Waals surface area contributed by atoms with Gasteiger partial charge in [0.15, 0.2) is 10.9 Å². The van der Waals surface area contributed by atoms with Crippen molar-refractivity contribution in [2.75, 3.05) is 43.0 Å². The second kappa shape index (κ2) is 13.9. The number of carbonyl (C=O) groups excluding carboxylic acids is 2. The van der Waals surface area contributed by atoms with E-state index in [0.717, 1.165) is 48.1 Å². The Balaban J connectivity index is 1.20. The largest absolute Gasteiger partial charge is 0.461 e. The summed E-state index contributed by atoms with van der Waals surface area (Å²) in [4.78, 5) is 51.0. The highest BCUT2D eigenvalue weighted by molar-refractivity contribution is 7.22. The zero-order valence-electron chi connectivity index (χ0n) is 33.3. The van der Waals surface area contributed by atoms with E-state index < -0.39 is 34.8 Å². The highest BCUT2D eigenvalue weighted by Crippen LogP contribution is 2.43. The molecule has 0 unspecified atom stereocenters. The normalized spacial score (nSPS) is 23.9. The van der Waals surface area contributed by atoms with Crippen LogP contribution in [0.15, 0.2) is 12.3 Å². The Hall–Kier alpha value is -4.44. The van der Waals surface area contributed by atoms with Crippen LogP contribution in [0, 0.1) is 19.7 Å². The molecule has 0 aliphatic carbocycles. The van der Waals surface area contributed by atoms with E-state index in [1.807, 2.05) is 45.6 Å². The van der Waals surface area contributed by atoms with Crippen molar-refractivity contribution in [3.63, 3.8) is 0 Å². The first-order valence-electron chi connectivity index (χ1n) is 19.4. The Morgan fingerprint density at radius 2 is 1.71 bits per heavy atom. The van der Waals surface area contributed by atoms with Crippen molar-refractivity contribution in [2.45, 2.75) is 122 Å². The number of halogens is 2. The third-order valence-electron chi connectivity index (χ3n) is 11.3. The number of aromatic nitrogens is 4. The highest BCUT2D eigenvalue weighted by atomic mass is 32.1. The van der Waals surface area contributed by atoms with Crippen LogP contribution in [0.5, 0.6) is 6.01 Å². The molecule has 4 atom stereocenters. The van der Waals surface area contributed by atoms with Gasteiger partial charge in [0.25, 0.3) is 0 Å². The molecule has 300 valence electrons. The molecule has 1 aromatic carbocycles. The lowest BCUT2D eigenvalue weighted by atomic mass is 9.95. The number of nitrogens with zero attached hydrogens (tertiary/aromatic N) is 7. The number of nitrogens with one attached hydrogen (secondary N) is 1. The third-order valence-corrected chi connectivity index (χ3v) is 12.2. The predicted molar refractivity (Wildman–Crippen MR) is 211 cm³/mol. The molecular formula is C40H50F2N8O5S. The number of amides is 2. The van der Waals surface area contributed by atoms with Crippen LogP contribution in [0.3, 0.4) is 0 Å². The van der Waals surface area contributed by atoms with Gasteiger partial charge in [0.2, 0.25) is 0 Å². The lowest BCUT2D eigenvalue weighted by Gasteiger charge is -2.42. The first kappa shape index (κ1) is 38.4. The molecule has 16 heteroatoms. The number of anilines is 2. The molecule has 2 amide bonds. The predicted octanol–water partition coefficient (Wildman–Crippen LogP) is 7.95. The number of thiazole rings is 1. The van der Waals surface area contributed by atoms with Crippen molar-refractivity contribution >= 4 is 55.6 Å². The average Bonchev–Trinajstić information content (AvgIpc) is 3.82. The number of hydrogen-bond donors (Lipinski definition) is 1. The van der Waals surface area contributed by atoms with Gasteiger partial charge < -0.3 is 19.1 Å². The molecule has 0 radical (unpaired) electrons. The molecule has 4 aromatic rings. The first-order chi connectivity index (χ1) is 26.4. The van der Waals surface area contributed by atoms with Crippen molar-refractivity contribution < 1.29 is 32.6 Å². The van der Waals surface area contributed by atoms with Gasteiger partial charge in [-0.2, -0.15) is 9.97 Å². The van der Waals surface area contributed by atoms with E-state index in [0.29, 0.717) is 53.5 Å². The second-order valence-corrected chi connectivity index (χ2v) is 18.8. The van der Waals surface area contributed by atoms with Crippen molar-refractivity contribution in [1.29, 1.82) is 0 Å². The van der Waals surface area contributed by atoms with Crippen LogP contribution in [0.1, 0.15) is 84.8 Å². The van der Waals surface area contributed by atoms with Crippen molar-refractivity contribution in [3.8, 4) is 17.3 Å².